The molecule has 21 heavy (non-hydrogen) atoms. The molecule has 0 saturated carbocycles. The molecule has 5 heteroatoms. The van der Waals surface area contributed by atoms with Gasteiger partial charge in [-0.1, -0.05) is 12.5 Å². The van der Waals surface area contributed by atoms with Crippen molar-refractivity contribution in [1.82, 2.24) is 20.5 Å². The van der Waals surface area contributed by atoms with Crippen molar-refractivity contribution in [2.24, 2.45) is 0 Å². The van der Waals surface area contributed by atoms with Crippen LogP contribution in [0.3, 0.4) is 0 Å². The van der Waals surface area contributed by atoms with Gasteiger partial charge in [0.1, 0.15) is 0 Å². The van der Waals surface area contributed by atoms with Gasteiger partial charge < -0.3 is 15.5 Å². The van der Waals surface area contributed by atoms with Gasteiger partial charge in [-0.3, -0.25) is 4.98 Å². The number of nitrogens with one attached hydrogen (secondary N) is 2. The smallest absolute Gasteiger partial charge is 0.315 e. The minimum Gasteiger partial charge on any atom is -0.338 e. The summed E-state index contributed by atoms with van der Waals surface area (Å²) in [4.78, 5) is 18.4. The van der Waals surface area contributed by atoms with Crippen LogP contribution in [0, 0.1) is 0 Å². The lowest BCUT2D eigenvalue weighted by atomic mass is 10.0. The number of piperidine rings is 1. The summed E-state index contributed by atoms with van der Waals surface area (Å²) in [7, 11) is 0. The van der Waals surface area contributed by atoms with Gasteiger partial charge in [0.05, 0.1) is 12.2 Å². The van der Waals surface area contributed by atoms with Gasteiger partial charge in [0.15, 0.2) is 0 Å². The Bertz CT molecular complexity index is 424. The fourth-order valence-corrected chi connectivity index (χ4v) is 2.71. The van der Waals surface area contributed by atoms with Crippen molar-refractivity contribution in [3.63, 3.8) is 0 Å². The molecule has 1 aromatic rings. The Kier molecular flexibility index (Phi) is 6.47. The molecule has 0 aliphatic carbocycles. The Morgan fingerprint density at radius 3 is 3.05 bits per heavy atom. The van der Waals surface area contributed by atoms with Crippen LogP contribution in [-0.4, -0.2) is 41.6 Å². The van der Waals surface area contributed by atoms with Gasteiger partial charge in [0.2, 0.25) is 0 Å². The zero-order chi connectivity index (χ0) is 14.9. The van der Waals surface area contributed by atoms with Gasteiger partial charge in [-0.15, -0.1) is 0 Å². The van der Waals surface area contributed by atoms with Crippen molar-refractivity contribution < 1.29 is 4.79 Å². The van der Waals surface area contributed by atoms with Crippen molar-refractivity contribution >= 4 is 6.03 Å². The van der Waals surface area contributed by atoms with Crippen LogP contribution in [0.2, 0.25) is 0 Å². The summed E-state index contributed by atoms with van der Waals surface area (Å²) in [5.41, 5.74) is 0.870. The molecular weight excluding hydrogens is 264 g/mol. The van der Waals surface area contributed by atoms with Gasteiger partial charge >= 0.3 is 6.03 Å². The number of rotatable bonds is 6. The number of urea groups is 1. The average Bonchev–Trinajstić information content (AvgIpc) is 2.52. The van der Waals surface area contributed by atoms with Crippen molar-refractivity contribution in [3.05, 3.63) is 30.1 Å². The number of pyridine rings is 1. The minimum absolute atomic E-state index is 0.118. The topological polar surface area (TPSA) is 57.3 Å². The van der Waals surface area contributed by atoms with E-state index in [0.717, 1.165) is 25.2 Å². The monoisotopic (exact) mass is 290 g/mol. The lowest BCUT2D eigenvalue weighted by Crippen LogP contribution is -2.40. The Morgan fingerprint density at radius 1 is 1.38 bits per heavy atom. The largest absolute Gasteiger partial charge is 0.338 e. The lowest BCUT2D eigenvalue weighted by molar-refractivity contribution is 0.159. The molecule has 0 radical (unpaired) electrons. The zero-order valence-corrected chi connectivity index (χ0v) is 12.8. The van der Waals surface area contributed by atoms with Crippen molar-refractivity contribution in [3.8, 4) is 0 Å². The zero-order valence-electron chi connectivity index (χ0n) is 12.8. The number of carbonyl (C=O) groups is 1. The lowest BCUT2D eigenvalue weighted by Gasteiger charge is -2.33. The second kappa shape index (κ2) is 8.62. The maximum Gasteiger partial charge on any atom is 0.315 e. The van der Waals surface area contributed by atoms with Crippen LogP contribution in [0.1, 0.15) is 38.3 Å². The summed E-state index contributed by atoms with van der Waals surface area (Å²) in [6, 6.07) is 6.26. The molecule has 1 fully saturated rings. The number of carbonyl (C=O) groups excluding carboxylic acids is 1. The molecule has 0 spiro atoms. The molecule has 1 unspecified atom stereocenters. The summed E-state index contributed by atoms with van der Waals surface area (Å²) in [6.07, 6.45) is 6.70. The molecule has 2 amide bonds. The van der Waals surface area contributed by atoms with Gasteiger partial charge in [0, 0.05) is 25.3 Å². The SMILES string of the molecule is CC1CCCCN1CCCNC(=O)NCc1ccccn1. The number of aromatic nitrogens is 1. The van der Waals surface area contributed by atoms with Gasteiger partial charge in [-0.05, 0) is 44.9 Å². The molecular formula is C16H26N4O. The summed E-state index contributed by atoms with van der Waals surface area (Å²) in [5.74, 6) is 0. The highest BCUT2D eigenvalue weighted by atomic mass is 16.2. The summed E-state index contributed by atoms with van der Waals surface area (Å²) in [6.45, 7) is 5.76. The summed E-state index contributed by atoms with van der Waals surface area (Å²) < 4.78 is 0. The number of amides is 2. The van der Waals surface area contributed by atoms with E-state index in [1.807, 2.05) is 18.2 Å². The van der Waals surface area contributed by atoms with E-state index in [2.05, 4.69) is 27.4 Å². The summed E-state index contributed by atoms with van der Waals surface area (Å²) >= 11 is 0. The second-order valence-electron chi connectivity index (χ2n) is 5.66. The van der Waals surface area contributed by atoms with E-state index in [1.54, 1.807) is 6.20 Å². The third-order valence-electron chi connectivity index (χ3n) is 4.00. The first-order valence-corrected chi connectivity index (χ1v) is 7.91. The van der Waals surface area contributed by atoms with Crippen molar-refractivity contribution in [2.75, 3.05) is 19.6 Å². The van der Waals surface area contributed by atoms with E-state index < -0.39 is 0 Å². The van der Waals surface area contributed by atoms with Crippen LogP contribution < -0.4 is 10.6 Å². The quantitative estimate of drug-likeness (QED) is 0.789. The van der Waals surface area contributed by atoms with E-state index in [9.17, 15) is 4.79 Å². The fourth-order valence-electron chi connectivity index (χ4n) is 2.71. The average molecular weight is 290 g/mol. The first-order valence-electron chi connectivity index (χ1n) is 7.91. The van der Waals surface area contributed by atoms with Gasteiger partial charge in [-0.2, -0.15) is 0 Å². The maximum absolute atomic E-state index is 11.7. The highest BCUT2D eigenvalue weighted by molar-refractivity contribution is 5.73. The number of hydrogen-bond donors (Lipinski definition) is 2. The molecule has 1 aromatic heterocycles. The van der Waals surface area contributed by atoms with Crippen LogP contribution in [0.4, 0.5) is 4.79 Å². The molecule has 2 rings (SSSR count). The van der Waals surface area contributed by atoms with Crippen LogP contribution in [0.25, 0.3) is 0 Å². The number of hydrogen-bond acceptors (Lipinski definition) is 3. The molecule has 1 atom stereocenters. The maximum atomic E-state index is 11.7. The number of nitrogens with zero attached hydrogens (tertiary/aromatic N) is 2. The molecule has 1 aliphatic rings. The third-order valence-corrected chi connectivity index (χ3v) is 4.00. The van der Waals surface area contributed by atoms with Crippen molar-refractivity contribution in [1.29, 1.82) is 0 Å². The standard InChI is InChI=1S/C16H26N4O/c1-14-7-3-5-11-20(14)12-6-10-18-16(21)19-13-15-8-2-4-9-17-15/h2,4,8-9,14H,3,5-7,10-13H2,1H3,(H2,18,19,21). The molecule has 1 aliphatic heterocycles. The molecule has 5 nitrogen and oxygen atoms in total. The first-order chi connectivity index (χ1) is 10.3. The normalized spacial score (nSPS) is 19.2. The molecule has 2 N–H and O–H groups in total. The van der Waals surface area contributed by atoms with Crippen molar-refractivity contribution in [2.45, 2.75) is 45.2 Å². The van der Waals surface area contributed by atoms with Crippen LogP contribution in [0.15, 0.2) is 24.4 Å². The Labute approximate surface area is 127 Å². The molecule has 1 saturated heterocycles. The molecule has 0 aromatic carbocycles. The summed E-state index contributed by atoms with van der Waals surface area (Å²) in [5, 5.41) is 5.72. The minimum atomic E-state index is -0.118. The van der Waals surface area contributed by atoms with Gasteiger partial charge in [-0.25, -0.2) is 4.79 Å². The molecule has 0 bridgehead atoms. The van der Waals surface area contributed by atoms with E-state index in [0.29, 0.717) is 12.6 Å². The number of likely N-dealkylation sites (tertiary alicyclic amines) is 1. The predicted octanol–water partition coefficient (Wildman–Crippen LogP) is 2.15. The van der Waals surface area contributed by atoms with E-state index in [1.165, 1.54) is 25.8 Å². The van der Waals surface area contributed by atoms with E-state index in [4.69, 9.17) is 0 Å². The van der Waals surface area contributed by atoms with E-state index in [-0.39, 0.29) is 6.03 Å². The van der Waals surface area contributed by atoms with Crippen LogP contribution in [0.5, 0.6) is 0 Å². The second-order valence-corrected chi connectivity index (χ2v) is 5.66. The van der Waals surface area contributed by atoms with Gasteiger partial charge in [0.25, 0.3) is 0 Å². The Hall–Kier alpha value is -1.62. The van der Waals surface area contributed by atoms with Crippen LogP contribution >= 0.6 is 0 Å². The van der Waals surface area contributed by atoms with Crippen LogP contribution in [-0.2, 0) is 6.54 Å². The Balaban J connectivity index is 1.55. The predicted molar refractivity (Wildman–Crippen MR) is 84.0 cm³/mol. The molecule has 116 valence electrons. The fraction of sp³-hybridized carbons (Fsp3) is 0.625. The Morgan fingerprint density at radius 2 is 2.29 bits per heavy atom. The highest BCUT2D eigenvalue weighted by Crippen LogP contribution is 2.15. The first kappa shape index (κ1) is 15.8. The third kappa shape index (κ3) is 5.71. The highest BCUT2D eigenvalue weighted by Gasteiger charge is 2.17. The molecule has 2 heterocycles. The van der Waals surface area contributed by atoms with E-state index >= 15 is 0 Å².